The minimum Gasteiger partial charge on any atom is -0.493 e. The van der Waals surface area contributed by atoms with Gasteiger partial charge in [-0.05, 0) is 47.9 Å². The van der Waals surface area contributed by atoms with Crippen LogP contribution in [0.2, 0.25) is 0 Å². The zero-order valence-corrected chi connectivity index (χ0v) is 15.2. The van der Waals surface area contributed by atoms with E-state index in [0.717, 1.165) is 15.6 Å². The number of benzene rings is 1. The molecule has 1 amide bonds. The molecule has 0 fully saturated rings. The zero-order chi connectivity index (χ0) is 17.4. The Kier molecular flexibility index (Phi) is 6.81. The van der Waals surface area contributed by atoms with Crippen LogP contribution < -0.4 is 14.8 Å². The van der Waals surface area contributed by atoms with Gasteiger partial charge in [0.2, 0.25) is 5.91 Å². The van der Waals surface area contributed by atoms with E-state index in [1.54, 1.807) is 32.7 Å². The highest BCUT2D eigenvalue weighted by atomic mass is 79.9. The van der Waals surface area contributed by atoms with Crippen LogP contribution in [0.3, 0.4) is 0 Å². The number of hydrogen-bond acceptors (Lipinski definition) is 4. The quantitative estimate of drug-likeness (QED) is 0.737. The van der Waals surface area contributed by atoms with Gasteiger partial charge in [0.1, 0.15) is 0 Å². The van der Waals surface area contributed by atoms with Gasteiger partial charge in [-0.15, -0.1) is 0 Å². The van der Waals surface area contributed by atoms with E-state index in [0.29, 0.717) is 24.5 Å². The van der Waals surface area contributed by atoms with Crippen molar-refractivity contribution in [1.29, 1.82) is 0 Å². The molecule has 0 aliphatic carbocycles. The van der Waals surface area contributed by atoms with E-state index in [1.807, 2.05) is 24.3 Å². The van der Waals surface area contributed by atoms with E-state index in [9.17, 15) is 4.79 Å². The van der Waals surface area contributed by atoms with Crippen LogP contribution >= 0.6 is 15.9 Å². The Balaban J connectivity index is 1.90. The van der Waals surface area contributed by atoms with E-state index >= 15 is 0 Å². The predicted molar refractivity (Wildman–Crippen MR) is 97.2 cm³/mol. The number of amides is 1. The molecule has 0 saturated carbocycles. The van der Waals surface area contributed by atoms with Crippen molar-refractivity contribution in [3.63, 3.8) is 0 Å². The van der Waals surface area contributed by atoms with E-state index in [2.05, 4.69) is 26.2 Å². The molecule has 1 N–H and O–H groups in total. The summed E-state index contributed by atoms with van der Waals surface area (Å²) < 4.78 is 11.5. The third-order valence-corrected chi connectivity index (χ3v) is 4.12. The number of ether oxygens (including phenoxy) is 2. The summed E-state index contributed by atoms with van der Waals surface area (Å²) in [5.41, 5.74) is 1.97. The van der Waals surface area contributed by atoms with E-state index < -0.39 is 0 Å². The Hall–Kier alpha value is -2.34. The van der Waals surface area contributed by atoms with Crippen LogP contribution in [-0.4, -0.2) is 31.7 Å². The van der Waals surface area contributed by atoms with Crippen molar-refractivity contribution in [2.75, 3.05) is 20.8 Å². The lowest BCUT2D eigenvalue weighted by Gasteiger charge is -2.12. The topological polar surface area (TPSA) is 60.5 Å². The molecule has 0 radical (unpaired) electrons. The molecule has 0 unspecified atom stereocenters. The highest BCUT2D eigenvalue weighted by Gasteiger charge is 2.09. The number of aromatic nitrogens is 1. The molecule has 0 aliphatic rings. The molecule has 24 heavy (non-hydrogen) atoms. The van der Waals surface area contributed by atoms with Crippen LogP contribution in [0.25, 0.3) is 6.08 Å². The normalized spacial score (nSPS) is 10.6. The molecule has 126 valence electrons. The summed E-state index contributed by atoms with van der Waals surface area (Å²) in [4.78, 5) is 15.8. The fourth-order valence-corrected chi connectivity index (χ4v) is 2.63. The molecule has 2 rings (SSSR count). The highest BCUT2D eigenvalue weighted by molar-refractivity contribution is 9.10. The minimum absolute atomic E-state index is 0.136. The van der Waals surface area contributed by atoms with Crippen LogP contribution in [0, 0.1) is 0 Å². The molecule has 0 saturated heterocycles. The first-order chi connectivity index (χ1) is 11.6. The lowest BCUT2D eigenvalue weighted by Crippen LogP contribution is -2.23. The monoisotopic (exact) mass is 390 g/mol. The van der Waals surface area contributed by atoms with Gasteiger partial charge in [0.05, 0.1) is 14.2 Å². The molecule has 1 heterocycles. The first kappa shape index (κ1) is 18.0. The summed E-state index contributed by atoms with van der Waals surface area (Å²) in [5.74, 6) is 1.19. The minimum atomic E-state index is -0.136. The van der Waals surface area contributed by atoms with Gasteiger partial charge in [0, 0.05) is 29.5 Å². The van der Waals surface area contributed by atoms with Gasteiger partial charge in [-0.1, -0.05) is 15.9 Å². The number of methoxy groups -OCH3 is 2. The number of carbonyl (C=O) groups excluding carboxylic acids is 1. The molecule has 0 aliphatic heterocycles. The predicted octanol–water partition coefficient (Wildman–Crippen LogP) is 3.23. The van der Waals surface area contributed by atoms with Crippen molar-refractivity contribution >= 4 is 27.9 Å². The Morgan fingerprint density at radius 3 is 2.54 bits per heavy atom. The molecule has 2 aromatic rings. The summed E-state index contributed by atoms with van der Waals surface area (Å²) in [6.45, 7) is 0.521. The average molecular weight is 391 g/mol. The van der Waals surface area contributed by atoms with E-state index in [1.165, 1.54) is 6.08 Å². The van der Waals surface area contributed by atoms with E-state index in [-0.39, 0.29) is 5.91 Å². The second-order valence-corrected chi connectivity index (χ2v) is 5.81. The van der Waals surface area contributed by atoms with Gasteiger partial charge in [0.25, 0.3) is 0 Å². The van der Waals surface area contributed by atoms with Crippen molar-refractivity contribution in [2.24, 2.45) is 0 Å². The number of nitrogens with one attached hydrogen (secondary N) is 1. The maximum atomic E-state index is 11.8. The number of halogens is 1. The summed E-state index contributed by atoms with van der Waals surface area (Å²) >= 11 is 3.51. The maximum absolute atomic E-state index is 11.8. The van der Waals surface area contributed by atoms with Gasteiger partial charge in [0.15, 0.2) is 11.5 Å². The Morgan fingerprint density at radius 2 is 1.88 bits per heavy atom. The zero-order valence-electron chi connectivity index (χ0n) is 13.6. The highest BCUT2D eigenvalue weighted by Crippen LogP contribution is 2.33. The number of carbonyl (C=O) groups is 1. The standard InChI is InChI=1S/C18H19BrN2O3/c1-23-16-11-14(15(19)12-17(16)24-2)7-10-21-18(22)4-3-13-5-8-20-9-6-13/h3-6,8-9,11-12H,7,10H2,1-2H3,(H,21,22)/b4-3+. The van der Waals surface area contributed by atoms with Gasteiger partial charge in [-0.3, -0.25) is 9.78 Å². The summed E-state index contributed by atoms with van der Waals surface area (Å²) in [6, 6.07) is 7.44. The van der Waals surface area contributed by atoms with Crippen molar-refractivity contribution in [3.8, 4) is 11.5 Å². The van der Waals surface area contributed by atoms with Gasteiger partial charge in [-0.25, -0.2) is 0 Å². The number of rotatable bonds is 7. The molecule has 6 heteroatoms. The first-order valence-corrected chi connectivity index (χ1v) is 8.19. The summed E-state index contributed by atoms with van der Waals surface area (Å²) in [6.07, 6.45) is 7.32. The van der Waals surface area contributed by atoms with Crippen molar-refractivity contribution in [1.82, 2.24) is 10.3 Å². The van der Waals surface area contributed by atoms with Crippen LogP contribution in [-0.2, 0) is 11.2 Å². The molecule has 0 atom stereocenters. The fraction of sp³-hybridized carbons (Fsp3) is 0.222. The first-order valence-electron chi connectivity index (χ1n) is 7.40. The molecule has 1 aromatic heterocycles. The van der Waals surface area contributed by atoms with Crippen LogP contribution in [0.1, 0.15) is 11.1 Å². The number of nitrogens with zero attached hydrogens (tertiary/aromatic N) is 1. The molecular weight excluding hydrogens is 372 g/mol. The van der Waals surface area contributed by atoms with Crippen LogP contribution in [0.4, 0.5) is 0 Å². The molecule has 0 spiro atoms. The Labute approximate surface area is 149 Å². The lowest BCUT2D eigenvalue weighted by molar-refractivity contribution is -0.116. The van der Waals surface area contributed by atoms with E-state index in [4.69, 9.17) is 9.47 Å². The second-order valence-electron chi connectivity index (χ2n) is 4.95. The number of hydrogen-bond donors (Lipinski definition) is 1. The van der Waals surface area contributed by atoms with Gasteiger partial charge >= 0.3 is 0 Å². The van der Waals surface area contributed by atoms with Crippen molar-refractivity contribution in [2.45, 2.75) is 6.42 Å². The molecule has 5 nitrogen and oxygen atoms in total. The average Bonchev–Trinajstić information content (AvgIpc) is 2.61. The third kappa shape index (κ3) is 5.09. The smallest absolute Gasteiger partial charge is 0.244 e. The fourth-order valence-electron chi connectivity index (χ4n) is 2.11. The molecular formula is C18H19BrN2O3. The van der Waals surface area contributed by atoms with Crippen molar-refractivity contribution < 1.29 is 14.3 Å². The van der Waals surface area contributed by atoms with Gasteiger partial charge < -0.3 is 14.8 Å². The Morgan fingerprint density at radius 1 is 1.21 bits per heavy atom. The maximum Gasteiger partial charge on any atom is 0.244 e. The second kappa shape index (κ2) is 9.08. The number of pyridine rings is 1. The largest absolute Gasteiger partial charge is 0.493 e. The van der Waals surface area contributed by atoms with Crippen LogP contribution in [0.15, 0.2) is 47.2 Å². The SMILES string of the molecule is COc1cc(Br)c(CCNC(=O)/C=C/c2ccncc2)cc1OC. The molecule has 0 bridgehead atoms. The third-order valence-electron chi connectivity index (χ3n) is 3.38. The lowest BCUT2D eigenvalue weighted by atomic mass is 10.1. The van der Waals surface area contributed by atoms with Crippen LogP contribution in [0.5, 0.6) is 11.5 Å². The van der Waals surface area contributed by atoms with Crippen molar-refractivity contribution in [3.05, 3.63) is 58.3 Å². The summed E-state index contributed by atoms with van der Waals surface area (Å²) in [7, 11) is 3.19. The molecule has 1 aromatic carbocycles. The Bertz CT molecular complexity index is 718. The summed E-state index contributed by atoms with van der Waals surface area (Å²) in [5, 5.41) is 2.86. The van der Waals surface area contributed by atoms with Gasteiger partial charge in [-0.2, -0.15) is 0 Å².